The first-order valence-electron chi connectivity index (χ1n) is 14.1. The maximum Gasteiger partial charge on any atom is 0.312 e. The van der Waals surface area contributed by atoms with E-state index >= 15 is 0 Å². The fraction of sp³-hybridized carbons (Fsp3) is 0.821. The quantitative estimate of drug-likeness (QED) is 0.332. The Morgan fingerprint density at radius 2 is 1.58 bits per heavy atom. The predicted molar refractivity (Wildman–Crippen MR) is 150 cm³/mol. The monoisotopic (exact) mass is 539 g/mol. The smallest absolute Gasteiger partial charge is 0.312 e. The molecule has 220 valence electrons. The van der Waals surface area contributed by atoms with Crippen LogP contribution in [-0.4, -0.2) is 66.2 Å². The molecule has 5 N–H and O–H groups in total. The molecule has 2 saturated carbocycles. The lowest BCUT2D eigenvalue weighted by molar-refractivity contribution is -0.136. The van der Waals surface area contributed by atoms with Gasteiger partial charge >= 0.3 is 6.03 Å². The maximum absolute atomic E-state index is 12.4. The number of primary amides is 1. The van der Waals surface area contributed by atoms with Gasteiger partial charge in [-0.15, -0.1) is 0 Å². The van der Waals surface area contributed by atoms with Gasteiger partial charge in [0.15, 0.2) is 5.78 Å². The standard InChI is InChI=1S/C12H23N3O2.C9H15NO2.C4H7NO.C3H8/c1-8-6-5-7-15(8)10(16)9(12(2,3)4)14-11(13)17;1-7(12)9(10-6-11)5-8-3-2-4-8;6-3-5-4-1-2-4;1-3-2/h8-9H,5-7H2,1-4H3,(H3,13,14,17);6,8-9H,2-5H2,1H3,(H,10,11);3-4H,1-2H2,(H,5,6);3H2,1-2H3. The molecule has 1 heterocycles. The number of carbonyl (C=O) groups excluding carboxylic acids is 5. The highest BCUT2D eigenvalue weighted by Gasteiger charge is 2.38. The molecule has 3 rings (SSSR count). The van der Waals surface area contributed by atoms with Crippen molar-refractivity contribution in [1.82, 2.24) is 20.9 Å². The van der Waals surface area contributed by atoms with Gasteiger partial charge in [-0.05, 0) is 57.3 Å². The molecular formula is C28H53N5O5. The van der Waals surface area contributed by atoms with Crippen LogP contribution < -0.4 is 21.7 Å². The summed E-state index contributed by atoms with van der Waals surface area (Å²) in [4.78, 5) is 55.9. The summed E-state index contributed by atoms with van der Waals surface area (Å²) in [5, 5.41) is 7.75. The van der Waals surface area contributed by atoms with Gasteiger partial charge in [0.25, 0.3) is 0 Å². The van der Waals surface area contributed by atoms with Crippen LogP contribution in [0.1, 0.15) is 106 Å². The van der Waals surface area contributed by atoms with Gasteiger partial charge in [-0.1, -0.05) is 60.3 Å². The molecule has 0 bridgehead atoms. The molecule has 3 aliphatic rings. The van der Waals surface area contributed by atoms with Crippen LogP contribution in [-0.2, 0) is 19.2 Å². The molecule has 3 fully saturated rings. The number of hydrogen-bond acceptors (Lipinski definition) is 5. The van der Waals surface area contributed by atoms with Gasteiger partial charge in [0.1, 0.15) is 6.04 Å². The van der Waals surface area contributed by atoms with Crippen molar-refractivity contribution in [2.24, 2.45) is 17.1 Å². The zero-order valence-electron chi connectivity index (χ0n) is 24.7. The number of amides is 5. The number of hydrogen-bond donors (Lipinski definition) is 4. The zero-order valence-corrected chi connectivity index (χ0v) is 24.7. The molecule has 38 heavy (non-hydrogen) atoms. The van der Waals surface area contributed by atoms with Crippen molar-refractivity contribution in [2.75, 3.05) is 6.54 Å². The molecule has 1 saturated heterocycles. The Labute approximate surface area is 229 Å². The van der Waals surface area contributed by atoms with Gasteiger partial charge in [-0.3, -0.25) is 19.2 Å². The number of urea groups is 1. The maximum atomic E-state index is 12.4. The first-order valence-corrected chi connectivity index (χ1v) is 14.1. The van der Waals surface area contributed by atoms with E-state index in [-0.39, 0.29) is 29.2 Å². The average Bonchev–Trinajstić information content (AvgIpc) is 3.51. The van der Waals surface area contributed by atoms with Gasteiger partial charge in [-0.25, -0.2) is 4.79 Å². The van der Waals surface area contributed by atoms with E-state index in [0.717, 1.165) is 32.2 Å². The Hall–Kier alpha value is -2.65. The van der Waals surface area contributed by atoms with Crippen LogP contribution in [0.25, 0.3) is 0 Å². The summed E-state index contributed by atoms with van der Waals surface area (Å²) in [6.07, 6.45) is 11.6. The summed E-state index contributed by atoms with van der Waals surface area (Å²) >= 11 is 0. The third-order valence-electron chi connectivity index (χ3n) is 6.67. The van der Waals surface area contributed by atoms with E-state index in [1.807, 2.05) is 32.6 Å². The molecule has 3 unspecified atom stereocenters. The number of Topliss-reactive ketones (excluding diaryl/α,β-unsaturated/α-hetero) is 1. The molecule has 3 atom stereocenters. The van der Waals surface area contributed by atoms with E-state index < -0.39 is 12.1 Å². The Morgan fingerprint density at radius 3 is 1.87 bits per heavy atom. The van der Waals surface area contributed by atoms with Crippen molar-refractivity contribution >= 4 is 30.5 Å². The van der Waals surface area contributed by atoms with E-state index in [4.69, 9.17) is 5.73 Å². The van der Waals surface area contributed by atoms with Crippen LogP contribution in [0.4, 0.5) is 4.79 Å². The van der Waals surface area contributed by atoms with Crippen molar-refractivity contribution in [2.45, 2.75) is 130 Å². The van der Waals surface area contributed by atoms with Gasteiger partial charge in [0, 0.05) is 18.6 Å². The third-order valence-corrected chi connectivity index (χ3v) is 6.67. The highest BCUT2D eigenvalue weighted by molar-refractivity contribution is 5.87. The minimum atomic E-state index is -0.648. The minimum Gasteiger partial charge on any atom is -0.356 e. The Balaban J connectivity index is 0.000000561. The van der Waals surface area contributed by atoms with Crippen LogP contribution >= 0.6 is 0 Å². The third kappa shape index (κ3) is 14.9. The number of nitrogens with zero attached hydrogens (tertiary/aromatic N) is 1. The molecule has 5 amide bonds. The van der Waals surface area contributed by atoms with Gasteiger partial charge in [0.2, 0.25) is 18.7 Å². The highest BCUT2D eigenvalue weighted by atomic mass is 16.2. The van der Waals surface area contributed by atoms with Crippen molar-refractivity contribution in [3.8, 4) is 0 Å². The van der Waals surface area contributed by atoms with Crippen LogP contribution in [0.15, 0.2) is 0 Å². The molecule has 10 nitrogen and oxygen atoms in total. The number of carbonyl (C=O) groups is 5. The van der Waals surface area contributed by atoms with Crippen molar-refractivity contribution in [3.63, 3.8) is 0 Å². The predicted octanol–water partition coefficient (Wildman–Crippen LogP) is 3.27. The molecule has 0 spiro atoms. The fourth-order valence-electron chi connectivity index (χ4n) is 4.06. The van der Waals surface area contributed by atoms with E-state index in [2.05, 4.69) is 29.8 Å². The minimum absolute atomic E-state index is 0.0266. The van der Waals surface area contributed by atoms with Crippen LogP contribution in [0.2, 0.25) is 0 Å². The van der Waals surface area contributed by atoms with Crippen molar-refractivity contribution in [1.29, 1.82) is 0 Å². The summed E-state index contributed by atoms with van der Waals surface area (Å²) in [5.74, 6) is 0.696. The summed E-state index contributed by atoms with van der Waals surface area (Å²) in [7, 11) is 0. The number of likely N-dealkylation sites (tertiary alicyclic amines) is 1. The second kappa shape index (κ2) is 18.6. The molecule has 10 heteroatoms. The molecular weight excluding hydrogens is 486 g/mol. The van der Waals surface area contributed by atoms with E-state index in [1.165, 1.54) is 45.4 Å². The number of rotatable bonds is 9. The van der Waals surface area contributed by atoms with Gasteiger partial charge < -0.3 is 26.6 Å². The Bertz CT molecular complexity index is 732. The lowest BCUT2D eigenvalue weighted by Gasteiger charge is -2.34. The second-order valence-electron chi connectivity index (χ2n) is 11.6. The molecule has 0 aromatic rings. The Morgan fingerprint density at radius 1 is 1.00 bits per heavy atom. The molecule has 0 radical (unpaired) electrons. The second-order valence-corrected chi connectivity index (χ2v) is 11.6. The van der Waals surface area contributed by atoms with Crippen molar-refractivity contribution < 1.29 is 24.0 Å². The van der Waals surface area contributed by atoms with E-state index in [0.29, 0.717) is 18.4 Å². The van der Waals surface area contributed by atoms with Crippen LogP contribution in [0.3, 0.4) is 0 Å². The van der Waals surface area contributed by atoms with Gasteiger partial charge in [-0.2, -0.15) is 0 Å². The van der Waals surface area contributed by atoms with E-state index in [1.54, 1.807) is 0 Å². The molecule has 0 aromatic heterocycles. The topological polar surface area (TPSA) is 151 Å². The first kappa shape index (κ1) is 35.4. The summed E-state index contributed by atoms with van der Waals surface area (Å²) in [6.45, 7) is 14.4. The average molecular weight is 540 g/mol. The number of nitrogens with one attached hydrogen (secondary N) is 3. The highest BCUT2D eigenvalue weighted by Crippen LogP contribution is 2.30. The van der Waals surface area contributed by atoms with E-state index in [9.17, 15) is 24.0 Å². The first-order chi connectivity index (χ1) is 17.8. The number of ketones is 1. The largest absolute Gasteiger partial charge is 0.356 e. The van der Waals surface area contributed by atoms with Crippen LogP contribution in [0, 0.1) is 11.3 Å². The van der Waals surface area contributed by atoms with Crippen LogP contribution in [0.5, 0.6) is 0 Å². The normalized spacial score (nSPS) is 19.8. The summed E-state index contributed by atoms with van der Waals surface area (Å²) < 4.78 is 0. The van der Waals surface area contributed by atoms with Gasteiger partial charge in [0.05, 0.1) is 6.04 Å². The molecule has 1 aliphatic heterocycles. The SMILES string of the molecule is CC(=O)C(CC1CCC1)NC=O.CC1CCCN1C(=O)C(NC(N)=O)C(C)(C)C.CCC.O=CNC1CC1. The molecule has 0 aromatic carbocycles. The molecule has 2 aliphatic carbocycles. The fourth-order valence-corrected chi connectivity index (χ4v) is 4.06. The number of nitrogens with two attached hydrogens (primary N) is 1. The lowest BCUT2D eigenvalue weighted by Crippen LogP contribution is -2.56. The Kier molecular flexibility index (Phi) is 17.3. The lowest BCUT2D eigenvalue weighted by atomic mass is 9.80. The summed E-state index contributed by atoms with van der Waals surface area (Å²) in [5.41, 5.74) is 4.80. The van der Waals surface area contributed by atoms with Crippen molar-refractivity contribution in [3.05, 3.63) is 0 Å². The summed E-state index contributed by atoms with van der Waals surface area (Å²) in [6, 6.07) is -0.664. The zero-order chi connectivity index (χ0) is 29.3.